The van der Waals surface area contributed by atoms with Crippen molar-refractivity contribution in [3.63, 3.8) is 0 Å². The largest absolute Gasteiger partial charge is 0.338 e. The average Bonchev–Trinajstić information content (AvgIpc) is 3.40. The second-order valence-corrected chi connectivity index (χ2v) is 8.72. The summed E-state index contributed by atoms with van der Waals surface area (Å²) in [6.07, 6.45) is 1.67. The van der Waals surface area contributed by atoms with Gasteiger partial charge in [0.2, 0.25) is 17.6 Å². The standard InChI is InChI=1S/C22H26N4O2S/c1-15(2)17-6-3-4-7-18(17)23-22(27)16-9-11-26(12-10-16)14-20-24-21(25-28-20)19-8-5-13-29-19/h3-8,13,15-16H,9-12,14H2,1-2H3,(H,23,27). The van der Waals surface area contributed by atoms with Gasteiger partial charge in [-0.1, -0.05) is 43.3 Å². The fourth-order valence-electron chi connectivity index (χ4n) is 3.72. The van der Waals surface area contributed by atoms with Crippen molar-refractivity contribution >= 4 is 22.9 Å². The minimum absolute atomic E-state index is 0.0378. The van der Waals surface area contributed by atoms with E-state index in [1.54, 1.807) is 11.3 Å². The van der Waals surface area contributed by atoms with Crippen LogP contribution < -0.4 is 5.32 Å². The molecule has 1 aromatic carbocycles. The third kappa shape index (κ3) is 4.74. The number of benzene rings is 1. The normalized spacial score (nSPS) is 15.7. The van der Waals surface area contributed by atoms with Gasteiger partial charge < -0.3 is 9.84 Å². The van der Waals surface area contributed by atoms with Crippen LogP contribution in [0.2, 0.25) is 0 Å². The Balaban J connectivity index is 1.30. The Kier molecular flexibility index (Phi) is 6.06. The number of carbonyl (C=O) groups is 1. The molecule has 0 atom stereocenters. The van der Waals surface area contributed by atoms with Gasteiger partial charge in [0.15, 0.2) is 0 Å². The van der Waals surface area contributed by atoms with Gasteiger partial charge in [-0.05, 0) is 54.9 Å². The summed E-state index contributed by atoms with van der Waals surface area (Å²) < 4.78 is 5.40. The van der Waals surface area contributed by atoms with E-state index in [1.165, 1.54) is 5.56 Å². The van der Waals surface area contributed by atoms with Crippen molar-refractivity contribution in [2.75, 3.05) is 18.4 Å². The van der Waals surface area contributed by atoms with Crippen LogP contribution >= 0.6 is 11.3 Å². The highest BCUT2D eigenvalue weighted by molar-refractivity contribution is 7.13. The maximum atomic E-state index is 12.8. The lowest BCUT2D eigenvalue weighted by Gasteiger charge is -2.30. The number of nitrogens with zero attached hydrogens (tertiary/aromatic N) is 3. The minimum Gasteiger partial charge on any atom is -0.338 e. The van der Waals surface area contributed by atoms with Crippen molar-refractivity contribution in [2.45, 2.75) is 39.2 Å². The third-order valence-electron chi connectivity index (χ3n) is 5.37. The molecule has 0 spiro atoms. The van der Waals surface area contributed by atoms with Crippen LogP contribution in [0, 0.1) is 5.92 Å². The second kappa shape index (κ2) is 8.88. The number of rotatable bonds is 6. The molecular weight excluding hydrogens is 384 g/mol. The lowest BCUT2D eigenvalue weighted by molar-refractivity contribution is -0.121. The van der Waals surface area contributed by atoms with Crippen molar-refractivity contribution in [3.8, 4) is 10.7 Å². The summed E-state index contributed by atoms with van der Waals surface area (Å²) in [5.41, 5.74) is 2.11. The molecule has 1 aliphatic rings. The van der Waals surface area contributed by atoms with Crippen LogP contribution in [0.15, 0.2) is 46.3 Å². The average molecular weight is 411 g/mol. The molecule has 152 valence electrons. The number of hydrogen-bond donors (Lipinski definition) is 1. The number of amides is 1. The van der Waals surface area contributed by atoms with E-state index in [0.29, 0.717) is 24.2 Å². The van der Waals surface area contributed by atoms with Crippen LogP contribution in [-0.4, -0.2) is 34.0 Å². The van der Waals surface area contributed by atoms with Gasteiger partial charge in [-0.15, -0.1) is 11.3 Å². The fourth-order valence-corrected chi connectivity index (χ4v) is 4.37. The van der Waals surface area contributed by atoms with Gasteiger partial charge in [-0.25, -0.2) is 0 Å². The SMILES string of the molecule is CC(C)c1ccccc1NC(=O)C1CCN(Cc2nc(-c3cccs3)no2)CC1. The summed E-state index contributed by atoms with van der Waals surface area (Å²) in [7, 11) is 0. The van der Waals surface area contributed by atoms with E-state index < -0.39 is 0 Å². The van der Waals surface area contributed by atoms with E-state index in [1.807, 2.05) is 35.7 Å². The van der Waals surface area contributed by atoms with Crippen LogP contribution in [-0.2, 0) is 11.3 Å². The molecule has 0 aliphatic carbocycles. The molecule has 1 fully saturated rings. The van der Waals surface area contributed by atoms with Gasteiger partial charge in [0.1, 0.15) is 0 Å². The molecule has 29 heavy (non-hydrogen) atoms. The van der Waals surface area contributed by atoms with E-state index >= 15 is 0 Å². The molecule has 0 bridgehead atoms. The summed E-state index contributed by atoms with van der Waals surface area (Å²) in [6, 6.07) is 12.0. The molecule has 6 nitrogen and oxygen atoms in total. The third-order valence-corrected chi connectivity index (χ3v) is 6.23. The Morgan fingerprint density at radius 2 is 2.03 bits per heavy atom. The van der Waals surface area contributed by atoms with E-state index in [-0.39, 0.29) is 11.8 Å². The Morgan fingerprint density at radius 1 is 1.24 bits per heavy atom. The highest BCUT2D eigenvalue weighted by Gasteiger charge is 2.26. The molecule has 7 heteroatoms. The van der Waals surface area contributed by atoms with E-state index in [4.69, 9.17) is 4.52 Å². The van der Waals surface area contributed by atoms with E-state index in [0.717, 1.165) is 36.5 Å². The first-order valence-corrected chi connectivity index (χ1v) is 11.0. The Labute approximate surface area is 174 Å². The summed E-state index contributed by atoms with van der Waals surface area (Å²) in [4.78, 5) is 20.6. The summed E-state index contributed by atoms with van der Waals surface area (Å²) in [6.45, 7) is 6.61. The van der Waals surface area contributed by atoms with Crippen LogP contribution in [0.3, 0.4) is 0 Å². The smallest absolute Gasteiger partial charge is 0.241 e. The minimum atomic E-state index is 0.0378. The summed E-state index contributed by atoms with van der Waals surface area (Å²) >= 11 is 1.60. The molecule has 2 aromatic heterocycles. The van der Waals surface area contributed by atoms with Crippen LogP contribution in [0.1, 0.15) is 44.1 Å². The maximum absolute atomic E-state index is 12.8. The quantitative estimate of drug-likeness (QED) is 0.634. The second-order valence-electron chi connectivity index (χ2n) is 7.77. The van der Waals surface area contributed by atoms with Gasteiger partial charge in [-0.3, -0.25) is 9.69 Å². The molecule has 0 radical (unpaired) electrons. The highest BCUT2D eigenvalue weighted by Crippen LogP contribution is 2.27. The van der Waals surface area contributed by atoms with E-state index in [9.17, 15) is 4.79 Å². The predicted octanol–water partition coefficient (Wildman–Crippen LogP) is 4.77. The van der Waals surface area contributed by atoms with Gasteiger partial charge in [-0.2, -0.15) is 4.98 Å². The van der Waals surface area contributed by atoms with Crippen LogP contribution in [0.4, 0.5) is 5.69 Å². The number of para-hydroxylation sites is 1. The first-order chi connectivity index (χ1) is 14.1. The van der Waals surface area contributed by atoms with Gasteiger partial charge in [0, 0.05) is 11.6 Å². The lowest BCUT2D eigenvalue weighted by atomic mass is 9.95. The molecule has 1 amide bonds. The van der Waals surface area contributed by atoms with Crippen LogP contribution in [0.5, 0.6) is 0 Å². The zero-order valence-electron chi connectivity index (χ0n) is 16.8. The van der Waals surface area contributed by atoms with Gasteiger partial charge in [0.25, 0.3) is 0 Å². The van der Waals surface area contributed by atoms with Crippen molar-refractivity contribution in [1.29, 1.82) is 0 Å². The summed E-state index contributed by atoms with van der Waals surface area (Å²) in [5.74, 6) is 1.81. The first-order valence-electron chi connectivity index (χ1n) is 10.1. The maximum Gasteiger partial charge on any atom is 0.241 e. The molecule has 4 rings (SSSR count). The van der Waals surface area contributed by atoms with Gasteiger partial charge >= 0.3 is 0 Å². The molecule has 0 unspecified atom stereocenters. The Hall–Kier alpha value is -2.51. The van der Waals surface area contributed by atoms with Gasteiger partial charge in [0.05, 0.1) is 11.4 Å². The molecule has 0 saturated carbocycles. The predicted molar refractivity (Wildman–Crippen MR) is 115 cm³/mol. The molecule has 3 aromatic rings. The highest BCUT2D eigenvalue weighted by atomic mass is 32.1. The number of thiophene rings is 1. The molecule has 1 aliphatic heterocycles. The Bertz CT molecular complexity index is 943. The molecule has 1 N–H and O–H groups in total. The zero-order chi connectivity index (χ0) is 20.2. The number of hydrogen-bond acceptors (Lipinski definition) is 6. The van der Waals surface area contributed by atoms with Crippen molar-refractivity contribution in [1.82, 2.24) is 15.0 Å². The number of aromatic nitrogens is 2. The number of carbonyl (C=O) groups excluding carboxylic acids is 1. The molecule has 1 saturated heterocycles. The monoisotopic (exact) mass is 410 g/mol. The first kappa shape index (κ1) is 19.8. The number of piperidine rings is 1. The number of likely N-dealkylation sites (tertiary alicyclic amines) is 1. The number of anilines is 1. The fraction of sp³-hybridized carbons (Fsp3) is 0.409. The lowest BCUT2D eigenvalue weighted by Crippen LogP contribution is -2.38. The molecular formula is C22H26N4O2S. The van der Waals surface area contributed by atoms with Crippen molar-refractivity contribution in [2.24, 2.45) is 5.92 Å². The van der Waals surface area contributed by atoms with E-state index in [2.05, 4.69) is 40.3 Å². The van der Waals surface area contributed by atoms with Crippen molar-refractivity contribution < 1.29 is 9.32 Å². The summed E-state index contributed by atoms with van der Waals surface area (Å²) in [5, 5.41) is 9.22. The zero-order valence-corrected chi connectivity index (χ0v) is 17.6. The molecule has 3 heterocycles. The topological polar surface area (TPSA) is 71.3 Å². The Morgan fingerprint density at radius 3 is 2.76 bits per heavy atom. The number of nitrogens with one attached hydrogen (secondary N) is 1. The van der Waals surface area contributed by atoms with Crippen molar-refractivity contribution in [3.05, 3.63) is 53.2 Å². The van der Waals surface area contributed by atoms with Crippen LogP contribution in [0.25, 0.3) is 10.7 Å².